The minimum absolute atomic E-state index is 0.139. The fourth-order valence-corrected chi connectivity index (χ4v) is 6.21. The van der Waals surface area contributed by atoms with Gasteiger partial charge in [0.05, 0.1) is 5.54 Å². The second-order valence-corrected chi connectivity index (χ2v) is 15.0. The molecular formula is C41H55Cl4FN4O2. The van der Waals surface area contributed by atoms with E-state index < -0.39 is 15.2 Å². The van der Waals surface area contributed by atoms with Gasteiger partial charge >= 0.3 is 0 Å². The Bertz CT molecular complexity index is 1500. The zero-order valence-corrected chi connectivity index (χ0v) is 34.2. The van der Waals surface area contributed by atoms with Crippen LogP contribution < -0.4 is 15.5 Å². The van der Waals surface area contributed by atoms with Crippen molar-refractivity contribution >= 4 is 69.6 Å². The van der Waals surface area contributed by atoms with Crippen molar-refractivity contribution in [3.05, 3.63) is 107 Å². The Morgan fingerprint density at radius 2 is 1.46 bits per heavy atom. The first-order valence-electron chi connectivity index (χ1n) is 18.4. The molecule has 0 radical (unpaired) electrons. The Kier molecular flexibility index (Phi) is 20.7. The molecule has 2 N–H and O–H groups in total. The van der Waals surface area contributed by atoms with Gasteiger partial charge in [-0.3, -0.25) is 9.59 Å². The van der Waals surface area contributed by atoms with Crippen LogP contribution >= 0.6 is 46.4 Å². The first-order valence-corrected chi connectivity index (χ1v) is 20.0. The number of amides is 2. The monoisotopic (exact) mass is 794 g/mol. The molecule has 1 fully saturated rings. The summed E-state index contributed by atoms with van der Waals surface area (Å²) in [4.78, 5) is 30.8. The van der Waals surface area contributed by atoms with Crippen LogP contribution in [-0.4, -0.2) is 64.6 Å². The molecule has 1 atom stereocenters. The average molecular weight is 797 g/mol. The van der Waals surface area contributed by atoms with Crippen molar-refractivity contribution in [3.63, 3.8) is 0 Å². The van der Waals surface area contributed by atoms with Crippen molar-refractivity contribution in [2.75, 3.05) is 48.8 Å². The van der Waals surface area contributed by atoms with E-state index in [0.29, 0.717) is 24.9 Å². The highest BCUT2D eigenvalue weighted by atomic mass is 35.6. The van der Waals surface area contributed by atoms with Gasteiger partial charge in [-0.15, -0.1) is 11.6 Å². The van der Waals surface area contributed by atoms with Gasteiger partial charge in [-0.2, -0.15) is 0 Å². The number of halogens is 5. The third-order valence-corrected chi connectivity index (χ3v) is 8.83. The number of hydrogen-bond acceptors (Lipinski definition) is 4. The van der Waals surface area contributed by atoms with Crippen molar-refractivity contribution in [2.24, 2.45) is 0 Å². The van der Waals surface area contributed by atoms with Crippen LogP contribution in [0.5, 0.6) is 0 Å². The van der Waals surface area contributed by atoms with Crippen LogP contribution in [0.2, 0.25) is 0 Å². The van der Waals surface area contributed by atoms with E-state index in [0.717, 1.165) is 47.9 Å². The Balaban J connectivity index is 0.00000125. The summed E-state index contributed by atoms with van der Waals surface area (Å²) in [5, 5.41) is 6.37. The Hall–Kier alpha value is -2.81. The van der Waals surface area contributed by atoms with Crippen molar-refractivity contribution in [1.82, 2.24) is 10.2 Å². The topological polar surface area (TPSA) is 64.7 Å². The summed E-state index contributed by atoms with van der Waals surface area (Å²) in [5.74, 6) is -0.516. The number of nitrogens with one attached hydrogen (secondary N) is 2. The van der Waals surface area contributed by atoms with Gasteiger partial charge in [0.1, 0.15) is 5.82 Å². The van der Waals surface area contributed by atoms with Gasteiger partial charge in [0.2, 0.25) is 0 Å². The number of nitrogens with zero attached hydrogens (tertiary/aromatic N) is 2. The van der Waals surface area contributed by atoms with Gasteiger partial charge in [-0.25, -0.2) is 4.39 Å². The molecule has 2 amide bonds. The van der Waals surface area contributed by atoms with Crippen LogP contribution in [0.4, 0.5) is 15.8 Å². The van der Waals surface area contributed by atoms with E-state index in [2.05, 4.69) is 15.5 Å². The van der Waals surface area contributed by atoms with Gasteiger partial charge in [0.15, 0.2) is 0 Å². The zero-order chi connectivity index (χ0) is 38.6. The van der Waals surface area contributed by atoms with Crippen molar-refractivity contribution in [3.8, 4) is 0 Å². The standard InChI is InChI=1S/C35H38Cl3FN4O2.C2H5Cl.2C2H6/c36-35(37,38)33(45)41-34(22-26-10-12-29(39)13-11-26)23-27(24-34)25-43(32(44)28-8-3-1-4-9-28)31-16-14-30(15-17-31)40-18-7-21-42-19-5-2-6-20-42;1-2-3;2*1-2/h1,3-4,8-17,23,40H,2,5-7,18-22,24-25H2,(H,41,45);2H2,1H3;2*1-2H3. The van der Waals surface area contributed by atoms with E-state index in [4.69, 9.17) is 46.4 Å². The van der Waals surface area contributed by atoms with Gasteiger partial charge < -0.3 is 20.4 Å². The van der Waals surface area contributed by atoms with Crippen LogP contribution in [0, 0.1) is 5.82 Å². The number of rotatable bonds is 12. The zero-order valence-electron chi connectivity index (χ0n) is 31.2. The summed E-state index contributed by atoms with van der Waals surface area (Å²) in [6.07, 6.45) is 7.70. The number of anilines is 2. The number of carbonyl (C=O) groups excluding carboxylic acids is 2. The lowest BCUT2D eigenvalue weighted by Gasteiger charge is -2.43. The molecule has 0 saturated carbocycles. The summed E-state index contributed by atoms with van der Waals surface area (Å²) in [6.45, 7) is 14.6. The van der Waals surface area contributed by atoms with E-state index in [1.165, 1.54) is 44.5 Å². The molecule has 0 bridgehead atoms. The predicted octanol–water partition coefficient (Wildman–Crippen LogP) is 10.9. The summed E-state index contributed by atoms with van der Waals surface area (Å²) >= 11 is 22.6. The molecule has 1 unspecified atom stereocenters. The van der Waals surface area contributed by atoms with E-state index in [9.17, 15) is 14.0 Å². The number of carbonyl (C=O) groups is 2. The van der Waals surface area contributed by atoms with Crippen molar-refractivity contribution in [1.29, 1.82) is 0 Å². The molecule has 1 aliphatic heterocycles. The third kappa shape index (κ3) is 14.9. The lowest BCUT2D eigenvalue weighted by Crippen LogP contribution is -2.57. The molecule has 0 aromatic heterocycles. The number of hydrogen-bond donors (Lipinski definition) is 2. The molecule has 52 heavy (non-hydrogen) atoms. The fraction of sp³-hybridized carbons (Fsp3) is 0.463. The van der Waals surface area contributed by atoms with Crippen LogP contribution in [0.25, 0.3) is 0 Å². The van der Waals surface area contributed by atoms with Gasteiger partial charge in [0.25, 0.3) is 15.6 Å². The Labute approximate surface area is 331 Å². The Morgan fingerprint density at radius 3 is 2.02 bits per heavy atom. The highest BCUT2D eigenvalue weighted by Gasteiger charge is 2.43. The van der Waals surface area contributed by atoms with E-state index >= 15 is 0 Å². The van der Waals surface area contributed by atoms with Crippen LogP contribution in [0.3, 0.4) is 0 Å². The molecule has 1 aliphatic carbocycles. The third-order valence-electron chi connectivity index (χ3n) is 8.31. The molecule has 6 nitrogen and oxygen atoms in total. The molecule has 0 spiro atoms. The molecule has 1 heterocycles. The normalized spacial score (nSPS) is 16.5. The largest absolute Gasteiger partial charge is 0.385 e. The van der Waals surface area contributed by atoms with E-state index in [1.807, 2.05) is 83.2 Å². The van der Waals surface area contributed by atoms with E-state index in [1.54, 1.807) is 29.2 Å². The Morgan fingerprint density at radius 1 is 0.885 bits per heavy atom. The average Bonchev–Trinajstić information content (AvgIpc) is 3.15. The highest BCUT2D eigenvalue weighted by molar-refractivity contribution is 6.76. The molecule has 286 valence electrons. The molecular weight excluding hydrogens is 741 g/mol. The second kappa shape index (κ2) is 23.8. The SMILES string of the molecule is CC.CC.CCCl.O=C(c1ccccc1)N(CC1=CC(Cc2ccc(F)cc2)(NC(=O)C(Cl)(Cl)Cl)C1)c1ccc(NCCCN2CCCCC2)cc1. The van der Waals surface area contributed by atoms with Gasteiger partial charge in [0, 0.05) is 35.9 Å². The number of alkyl halides is 4. The van der Waals surface area contributed by atoms with Gasteiger partial charge in [-0.05, 0) is 111 Å². The van der Waals surface area contributed by atoms with Crippen molar-refractivity contribution < 1.29 is 14.0 Å². The van der Waals surface area contributed by atoms with Crippen LogP contribution in [0.1, 0.15) is 82.6 Å². The smallest absolute Gasteiger partial charge is 0.272 e. The van der Waals surface area contributed by atoms with Gasteiger partial charge in [-0.1, -0.05) is 112 Å². The lowest BCUT2D eigenvalue weighted by atomic mass is 9.74. The summed E-state index contributed by atoms with van der Waals surface area (Å²) in [6, 6.07) is 23.1. The molecule has 2 aliphatic rings. The van der Waals surface area contributed by atoms with Crippen molar-refractivity contribution in [2.45, 2.75) is 82.5 Å². The maximum absolute atomic E-state index is 13.8. The summed E-state index contributed by atoms with van der Waals surface area (Å²) in [5.41, 5.74) is 3.22. The van der Waals surface area contributed by atoms with Crippen LogP contribution in [0.15, 0.2) is 90.5 Å². The van der Waals surface area contributed by atoms with Crippen LogP contribution in [-0.2, 0) is 11.2 Å². The predicted molar refractivity (Wildman–Crippen MR) is 221 cm³/mol. The first kappa shape index (κ1) is 45.3. The fourth-order valence-electron chi connectivity index (χ4n) is 6.07. The number of piperidine rings is 1. The molecule has 11 heteroatoms. The minimum atomic E-state index is -2.14. The molecule has 1 saturated heterocycles. The first-order chi connectivity index (χ1) is 25.0. The number of benzene rings is 3. The summed E-state index contributed by atoms with van der Waals surface area (Å²) in [7, 11) is 0. The summed E-state index contributed by atoms with van der Waals surface area (Å²) < 4.78 is 11.4. The molecule has 3 aromatic rings. The molecule has 3 aromatic carbocycles. The highest BCUT2D eigenvalue weighted by Crippen LogP contribution is 2.38. The maximum atomic E-state index is 13.8. The minimum Gasteiger partial charge on any atom is -0.385 e. The second-order valence-electron chi connectivity index (χ2n) is 12.1. The number of likely N-dealkylation sites (tertiary alicyclic amines) is 1. The quantitative estimate of drug-likeness (QED) is 0.109. The molecule has 5 rings (SSSR count). The van der Waals surface area contributed by atoms with E-state index in [-0.39, 0.29) is 11.7 Å². The lowest BCUT2D eigenvalue weighted by molar-refractivity contribution is -0.121. The maximum Gasteiger partial charge on any atom is 0.272 e.